The quantitative estimate of drug-likeness (QED) is 0.680. The summed E-state index contributed by atoms with van der Waals surface area (Å²) in [6.45, 7) is 4.47. The van der Waals surface area contributed by atoms with Crippen LogP contribution < -0.4 is 5.73 Å². The van der Waals surface area contributed by atoms with Crippen molar-refractivity contribution in [1.82, 2.24) is 9.88 Å². The first-order valence-corrected chi connectivity index (χ1v) is 8.84. The van der Waals surface area contributed by atoms with Crippen molar-refractivity contribution in [3.05, 3.63) is 46.3 Å². The lowest BCUT2D eigenvalue weighted by Crippen LogP contribution is -2.28. The van der Waals surface area contributed by atoms with Crippen LogP contribution in [0.5, 0.6) is 0 Å². The Hall–Kier alpha value is -2.12. The molecule has 2 heterocycles. The number of nitrogens with two attached hydrogens (primary N) is 1. The molecular weight excluding hydrogens is 328 g/mol. The Morgan fingerprint density at radius 1 is 1.35 bits per heavy atom. The van der Waals surface area contributed by atoms with Crippen molar-refractivity contribution in [1.29, 1.82) is 0 Å². The van der Waals surface area contributed by atoms with Gasteiger partial charge in [0.05, 0.1) is 4.91 Å². The fourth-order valence-corrected chi connectivity index (χ4v) is 3.88. The summed E-state index contributed by atoms with van der Waals surface area (Å²) in [5.74, 6) is -0.0119. The Kier molecular flexibility index (Phi) is 4.49. The van der Waals surface area contributed by atoms with Crippen molar-refractivity contribution in [2.75, 3.05) is 12.3 Å². The van der Waals surface area contributed by atoms with E-state index in [0.717, 1.165) is 11.1 Å². The third kappa shape index (κ3) is 3.16. The fraction of sp³-hybridized carbons (Fsp3) is 0.188. The van der Waals surface area contributed by atoms with Gasteiger partial charge in [0.15, 0.2) is 5.17 Å². The van der Waals surface area contributed by atoms with E-state index < -0.39 is 0 Å². The molecule has 0 unspecified atom stereocenters. The van der Waals surface area contributed by atoms with Crippen LogP contribution in [0.1, 0.15) is 19.4 Å². The molecule has 1 aromatic heterocycles. The molecule has 23 heavy (non-hydrogen) atoms. The molecule has 1 aliphatic rings. The van der Waals surface area contributed by atoms with Crippen LogP contribution >= 0.6 is 23.1 Å². The number of allylic oxidation sites excluding steroid dienone is 1. The van der Waals surface area contributed by atoms with Crippen LogP contribution in [0, 0.1) is 0 Å². The SMILES string of the molecule is CCN1C(=O)/C(=C(\C)c2ccc(N)cc2)S/C1=N/c1nccs1. The van der Waals surface area contributed by atoms with Gasteiger partial charge in [-0.1, -0.05) is 12.1 Å². The van der Waals surface area contributed by atoms with Crippen LogP contribution in [0.15, 0.2) is 45.7 Å². The van der Waals surface area contributed by atoms with Gasteiger partial charge < -0.3 is 5.73 Å². The van der Waals surface area contributed by atoms with E-state index in [-0.39, 0.29) is 5.91 Å². The molecule has 7 heteroatoms. The van der Waals surface area contributed by atoms with Gasteiger partial charge in [0.1, 0.15) is 0 Å². The molecule has 0 spiro atoms. The maximum Gasteiger partial charge on any atom is 0.267 e. The van der Waals surface area contributed by atoms with E-state index in [1.807, 2.05) is 43.5 Å². The number of rotatable bonds is 3. The minimum Gasteiger partial charge on any atom is -0.399 e. The number of thioether (sulfide) groups is 1. The lowest BCUT2D eigenvalue weighted by Gasteiger charge is -2.11. The summed E-state index contributed by atoms with van der Waals surface area (Å²) in [5.41, 5.74) is 8.35. The lowest BCUT2D eigenvalue weighted by atomic mass is 10.1. The number of thiazole rings is 1. The first-order chi connectivity index (χ1) is 11.1. The van der Waals surface area contributed by atoms with Gasteiger partial charge in [-0.15, -0.1) is 11.3 Å². The average molecular weight is 344 g/mol. The van der Waals surface area contributed by atoms with E-state index >= 15 is 0 Å². The molecule has 1 saturated heterocycles. The van der Waals surface area contributed by atoms with Gasteiger partial charge >= 0.3 is 0 Å². The predicted molar refractivity (Wildman–Crippen MR) is 97.6 cm³/mol. The van der Waals surface area contributed by atoms with Gasteiger partial charge in [-0.05, 0) is 48.9 Å². The van der Waals surface area contributed by atoms with Gasteiger partial charge in [0.25, 0.3) is 5.91 Å². The minimum absolute atomic E-state index is 0.0119. The van der Waals surface area contributed by atoms with Crippen LogP contribution in [0.25, 0.3) is 5.57 Å². The Morgan fingerprint density at radius 3 is 2.70 bits per heavy atom. The molecule has 0 bridgehead atoms. The first kappa shape index (κ1) is 15.8. The second-order valence-corrected chi connectivity index (χ2v) is 6.79. The molecule has 1 aromatic carbocycles. The number of hydrogen-bond donors (Lipinski definition) is 1. The molecule has 3 rings (SSSR count). The maximum absolute atomic E-state index is 12.7. The average Bonchev–Trinajstić information content (AvgIpc) is 3.16. The number of benzene rings is 1. The van der Waals surface area contributed by atoms with Crippen LogP contribution in [-0.4, -0.2) is 27.5 Å². The van der Waals surface area contributed by atoms with Crippen LogP contribution in [0.2, 0.25) is 0 Å². The second kappa shape index (κ2) is 6.55. The van der Waals surface area contributed by atoms with E-state index in [1.165, 1.54) is 23.1 Å². The third-order valence-electron chi connectivity index (χ3n) is 3.47. The fourth-order valence-electron chi connectivity index (χ4n) is 2.22. The third-order valence-corrected chi connectivity index (χ3v) is 5.32. The number of amidine groups is 1. The zero-order valence-electron chi connectivity index (χ0n) is 12.8. The normalized spacial score (nSPS) is 18.8. The highest BCUT2D eigenvalue weighted by atomic mass is 32.2. The molecule has 2 aromatic rings. The summed E-state index contributed by atoms with van der Waals surface area (Å²) in [5, 5.41) is 3.20. The van der Waals surface area contributed by atoms with Crippen LogP contribution in [0.4, 0.5) is 10.8 Å². The number of carbonyl (C=O) groups is 1. The summed E-state index contributed by atoms with van der Waals surface area (Å²) in [6, 6.07) is 7.53. The van der Waals surface area contributed by atoms with E-state index in [4.69, 9.17) is 5.73 Å². The first-order valence-electron chi connectivity index (χ1n) is 7.15. The van der Waals surface area contributed by atoms with Gasteiger partial charge in [0.2, 0.25) is 5.13 Å². The van der Waals surface area contributed by atoms with Gasteiger partial charge in [0, 0.05) is 23.8 Å². The number of hydrogen-bond acceptors (Lipinski definition) is 6. The zero-order chi connectivity index (χ0) is 16.4. The van der Waals surface area contributed by atoms with Gasteiger partial charge in [-0.3, -0.25) is 9.69 Å². The molecule has 1 amide bonds. The monoisotopic (exact) mass is 344 g/mol. The Labute approximate surface area is 142 Å². The largest absolute Gasteiger partial charge is 0.399 e. The smallest absolute Gasteiger partial charge is 0.267 e. The summed E-state index contributed by atoms with van der Waals surface area (Å²) in [4.78, 5) is 23.7. The highest BCUT2D eigenvalue weighted by molar-refractivity contribution is 8.18. The van der Waals surface area contributed by atoms with Gasteiger partial charge in [-0.25, -0.2) is 4.98 Å². The highest BCUT2D eigenvalue weighted by Crippen LogP contribution is 2.37. The summed E-state index contributed by atoms with van der Waals surface area (Å²) in [7, 11) is 0. The molecule has 0 saturated carbocycles. The summed E-state index contributed by atoms with van der Waals surface area (Å²) in [6.07, 6.45) is 1.71. The molecule has 5 nitrogen and oxygen atoms in total. The van der Waals surface area contributed by atoms with Crippen molar-refractivity contribution in [2.45, 2.75) is 13.8 Å². The number of nitrogen functional groups attached to an aromatic ring is 1. The van der Waals surface area contributed by atoms with E-state index in [2.05, 4.69) is 9.98 Å². The number of aliphatic imine (C=N–C) groups is 1. The van der Waals surface area contributed by atoms with Crippen molar-refractivity contribution >= 4 is 50.6 Å². The standard InChI is InChI=1S/C16H16N4OS2/c1-3-20-14(21)13(10(2)11-4-6-12(17)7-5-11)23-16(20)19-15-18-8-9-22-15/h4-9H,3,17H2,1-2H3/b13-10-,19-16+. The second-order valence-electron chi connectivity index (χ2n) is 4.94. The molecule has 1 fully saturated rings. The molecule has 0 atom stereocenters. The Morgan fingerprint density at radius 2 is 2.09 bits per heavy atom. The molecule has 2 N–H and O–H groups in total. The van der Waals surface area contributed by atoms with E-state index in [9.17, 15) is 4.79 Å². The van der Waals surface area contributed by atoms with E-state index in [1.54, 1.807) is 11.1 Å². The molecule has 118 valence electrons. The van der Waals surface area contributed by atoms with Crippen molar-refractivity contribution in [2.24, 2.45) is 4.99 Å². The van der Waals surface area contributed by atoms with Crippen molar-refractivity contribution in [3.63, 3.8) is 0 Å². The van der Waals surface area contributed by atoms with Crippen LogP contribution in [0.3, 0.4) is 0 Å². The van der Waals surface area contributed by atoms with Gasteiger partial charge in [-0.2, -0.15) is 4.99 Å². The molecular formula is C16H16N4OS2. The minimum atomic E-state index is -0.0119. The Balaban J connectivity index is 1.99. The number of carbonyl (C=O) groups excluding carboxylic acids is 1. The summed E-state index contributed by atoms with van der Waals surface area (Å²) < 4.78 is 0. The number of aromatic nitrogens is 1. The van der Waals surface area contributed by atoms with Crippen molar-refractivity contribution < 1.29 is 4.79 Å². The molecule has 1 aliphatic heterocycles. The molecule has 0 aliphatic carbocycles. The number of likely N-dealkylation sites (N-methyl/N-ethyl adjacent to an activating group) is 1. The van der Waals surface area contributed by atoms with E-state index in [0.29, 0.717) is 27.4 Å². The topological polar surface area (TPSA) is 71.6 Å². The lowest BCUT2D eigenvalue weighted by molar-refractivity contribution is -0.122. The maximum atomic E-state index is 12.7. The van der Waals surface area contributed by atoms with Crippen LogP contribution in [-0.2, 0) is 4.79 Å². The number of nitrogens with zero attached hydrogens (tertiary/aromatic N) is 3. The molecule has 0 radical (unpaired) electrons. The zero-order valence-corrected chi connectivity index (χ0v) is 14.4. The number of amides is 1. The predicted octanol–water partition coefficient (Wildman–Crippen LogP) is 3.74. The number of anilines is 1. The Bertz CT molecular complexity index is 779. The summed E-state index contributed by atoms with van der Waals surface area (Å²) >= 11 is 2.85. The highest BCUT2D eigenvalue weighted by Gasteiger charge is 2.34. The van der Waals surface area contributed by atoms with Crippen molar-refractivity contribution in [3.8, 4) is 0 Å².